The fourth-order valence-corrected chi connectivity index (χ4v) is 2.44. The smallest absolute Gasteiger partial charge is 0.338 e. The second kappa shape index (κ2) is 7.57. The van der Waals surface area contributed by atoms with E-state index in [0.29, 0.717) is 17.1 Å². The molecule has 1 aliphatic heterocycles. The van der Waals surface area contributed by atoms with E-state index in [1.165, 1.54) is 24.3 Å². The largest absolute Gasteiger partial charge is 0.454 e. The minimum absolute atomic E-state index is 0.185. The molecule has 1 aliphatic rings. The lowest BCUT2D eigenvalue weighted by Gasteiger charge is -2.15. The van der Waals surface area contributed by atoms with E-state index in [-0.39, 0.29) is 18.4 Å². The van der Waals surface area contributed by atoms with Gasteiger partial charge >= 0.3 is 5.97 Å². The zero-order valence-corrected chi connectivity index (χ0v) is 14.0. The molecule has 0 radical (unpaired) electrons. The molecule has 7 heteroatoms. The topological polar surface area (TPSA) is 97.7 Å². The number of nitrogens with zero attached hydrogens (tertiary/aromatic N) is 1. The van der Waals surface area contributed by atoms with E-state index in [1.54, 1.807) is 12.1 Å². The highest BCUT2D eigenvalue weighted by Crippen LogP contribution is 2.34. The fraction of sp³-hybridized carbons (Fsp3) is 0.211. The summed E-state index contributed by atoms with van der Waals surface area (Å²) in [5.74, 6) is 0.261. The van der Waals surface area contributed by atoms with Crippen molar-refractivity contribution < 1.29 is 23.8 Å². The van der Waals surface area contributed by atoms with Crippen LogP contribution in [0.5, 0.6) is 11.5 Å². The second-order valence-corrected chi connectivity index (χ2v) is 5.67. The Kier molecular flexibility index (Phi) is 5.04. The molecule has 1 atom stereocenters. The maximum Gasteiger partial charge on any atom is 0.338 e. The van der Waals surface area contributed by atoms with Crippen molar-refractivity contribution in [3.05, 3.63) is 59.2 Å². The summed E-state index contributed by atoms with van der Waals surface area (Å²) in [6, 6.07) is 13.1. The Hall–Kier alpha value is -3.53. The minimum atomic E-state index is -0.625. The van der Waals surface area contributed by atoms with Crippen LogP contribution < -0.4 is 14.8 Å². The summed E-state index contributed by atoms with van der Waals surface area (Å²) in [6.07, 6.45) is 0. The van der Waals surface area contributed by atoms with Crippen molar-refractivity contribution in [1.29, 1.82) is 5.26 Å². The van der Waals surface area contributed by atoms with E-state index in [0.717, 1.165) is 5.56 Å². The van der Waals surface area contributed by atoms with Crippen LogP contribution in [0.25, 0.3) is 0 Å². The number of nitrogens with one attached hydrogen (secondary N) is 1. The molecule has 0 unspecified atom stereocenters. The third-order valence-electron chi connectivity index (χ3n) is 3.86. The molecule has 0 bridgehead atoms. The van der Waals surface area contributed by atoms with Gasteiger partial charge in [-0.05, 0) is 48.9 Å². The third kappa shape index (κ3) is 3.92. The average Bonchev–Trinajstić information content (AvgIpc) is 3.14. The first-order valence-electron chi connectivity index (χ1n) is 7.93. The standard InChI is InChI=1S/C19H16N2O5/c1-12(15-6-7-16-17(8-15)26-11-25-16)21-18(22)10-24-19(23)14-4-2-13(9-20)3-5-14/h2-8,12H,10-11H2,1H3,(H,21,22)/t12-/m0/s1. The highest BCUT2D eigenvalue weighted by atomic mass is 16.7. The number of carbonyl (C=O) groups excluding carboxylic acids is 2. The van der Waals surface area contributed by atoms with Gasteiger partial charge in [0.05, 0.1) is 23.2 Å². The van der Waals surface area contributed by atoms with E-state index >= 15 is 0 Å². The van der Waals surface area contributed by atoms with Gasteiger partial charge in [0.1, 0.15) is 0 Å². The molecule has 1 amide bonds. The lowest BCUT2D eigenvalue weighted by Crippen LogP contribution is -2.31. The number of hydrogen-bond acceptors (Lipinski definition) is 6. The number of benzene rings is 2. The van der Waals surface area contributed by atoms with Crippen molar-refractivity contribution in [3.8, 4) is 17.6 Å². The lowest BCUT2D eigenvalue weighted by molar-refractivity contribution is -0.124. The SMILES string of the molecule is C[C@H](NC(=O)COC(=O)c1ccc(C#N)cc1)c1ccc2c(c1)OCO2. The maximum atomic E-state index is 12.0. The molecule has 0 aromatic heterocycles. The molecule has 7 nitrogen and oxygen atoms in total. The van der Waals surface area contributed by atoms with Crippen LogP contribution in [0.3, 0.4) is 0 Å². The Morgan fingerprint density at radius 1 is 1.19 bits per heavy atom. The Morgan fingerprint density at radius 2 is 1.92 bits per heavy atom. The van der Waals surface area contributed by atoms with Crippen molar-refractivity contribution in [2.24, 2.45) is 0 Å². The van der Waals surface area contributed by atoms with E-state index < -0.39 is 18.5 Å². The number of rotatable bonds is 5. The van der Waals surface area contributed by atoms with Crippen LogP contribution >= 0.6 is 0 Å². The van der Waals surface area contributed by atoms with Crippen LogP contribution in [-0.4, -0.2) is 25.3 Å². The zero-order valence-electron chi connectivity index (χ0n) is 14.0. The minimum Gasteiger partial charge on any atom is -0.454 e. The summed E-state index contributed by atoms with van der Waals surface area (Å²) in [5, 5.41) is 11.5. The third-order valence-corrected chi connectivity index (χ3v) is 3.86. The first-order valence-corrected chi connectivity index (χ1v) is 7.93. The molecule has 0 saturated carbocycles. The number of ether oxygens (including phenoxy) is 3. The van der Waals surface area contributed by atoms with Gasteiger partial charge in [-0.3, -0.25) is 4.79 Å². The van der Waals surface area contributed by atoms with Gasteiger partial charge in [-0.15, -0.1) is 0 Å². The Balaban J connectivity index is 1.51. The van der Waals surface area contributed by atoms with Crippen molar-refractivity contribution >= 4 is 11.9 Å². The van der Waals surface area contributed by atoms with E-state index in [9.17, 15) is 9.59 Å². The Labute approximate surface area is 150 Å². The van der Waals surface area contributed by atoms with E-state index in [1.807, 2.05) is 19.1 Å². The highest BCUT2D eigenvalue weighted by molar-refractivity contribution is 5.91. The van der Waals surface area contributed by atoms with Gasteiger partial charge in [-0.2, -0.15) is 5.26 Å². The molecule has 132 valence electrons. The monoisotopic (exact) mass is 352 g/mol. The summed E-state index contributed by atoms with van der Waals surface area (Å²) < 4.78 is 15.6. The van der Waals surface area contributed by atoms with Crippen LogP contribution in [0.1, 0.15) is 34.5 Å². The predicted octanol–water partition coefficient (Wildman–Crippen LogP) is 2.32. The highest BCUT2D eigenvalue weighted by Gasteiger charge is 2.17. The molecule has 0 saturated heterocycles. The average molecular weight is 352 g/mol. The summed E-state index contributed by atoms with van der Waals surface area (Å²) >= 11 is 0. The van der Waals surface area contributed by atoms with Crippen molar-refractivity contribution in [1.82, 2.24) is 5.32 Å². The van der Waals surface area contributed by atoms with Gasteiger partial charge in [0.2, 0.25) is 6.79 Å². The summed E-state index contributed by atoms with van der Waals surface area (Å²) in [6.45, 7) is 1.61. The summed E-state index contributed by atoms with van der Waals surface area (Å²) in [4.78, 5) is 23.9. The van der Waals surface area contributed by atoms with Crippen molar-refractivity contribution in [2.45, 2.75) is 13.0 Å². The number of amides is 1. The number of fused-ring (bicyclic) bond motifs is 1. The molecule has 2 aromatic rings. The molecule has 1 N–H and O–H groups in total. The van der Waals surface area contributed by atoms with Crippen molar-refractivity contribution in [2.75, 3.05) is 13.4 Å². The number of hydrogen-bond donors (Lipinski definition) is 1. The quantitative estimate of drug-likeness (QED) is 0.830. The summed E-state index contributed by atoms with van der Waals surface area (Å²) in [5.41, 5.74) is 1.57. The van der Waals surface area contributed by atoms with E-state index in [4.69, 9.17) is 19.5 Å². The predicted molar refractivity (Wildman–Crippen MR) is 90.6 cm³/mol. The van der Waals surface area contributed by atoms with Gasteiger partial charge in [-0.25, -0.2) is 4.79 Å². The Bertz CT molecular complexity index is 870. The normalized spacial score (nSPS) is 12.8. The first-order chi connectivity index (χ1) is 12.6. The van der Waals surface area contributed by atoms with Gasteiger partial charge < -0.3 is 19.5 Å². The number of nitriles is 1. The number of carbonyl (C=O) groups is 2. The maximum absolute atomic E-state index is 12.0. The van der Waals surface area contributed by atoms with Crippen LogP contribution in [0, 0.1) is 11.3 Å². The Morgan fingerprint density at radius 3 is 2.65 bits per heavy atom. The number of esters is 1. The van der Waals surface area contributed by atoms with Gasteiger partial charge in [-0.1, -0.05) is 6.07 Å². The molecule has 0 spiro atoms. The molecular weight excluding hydrogens is 336 g/mol. The van der Waals surface area contributed by atoms with Crippen LogP contribution in [0.2, 0.25) is 0 Å². The van der Waals surface area contributed by atoms with E-state index in [2.05, 4.69) is 5.32 Å². The summed E-state index contributed by atoms with van der Waals surface area (Å²) in [7, 11) is 0. The van der Waals surface area contributed by atoms with Crippen LogP contribution in [0.4, 0.5) is 0 Å². The first kappa shape index (κ1) is 17.3. The van der Waals surface area contributed by atoms with Gasteiger partial charge in [0, 0.05) is 0 Å². The molecule has 26 heavy (non-hydrogen) atoms. The molecule has 0 fully saturated rings. The van der Waals surface area contributed by atoms with Crippen LogP contribution in [0.15, 0.2) is 42.5 Å². The van der Waals surface area contributed by atoms with Crippen molar-refractivity contribution in [3.63, 3.8) is 0 Å². The molecule has 1 heterocycles. The second-order valence-electron chi connectivity index (χ2n) is 5.67. The molecule has 3 rings (SSSR count). The molecular formula is C19H16N2O5. The fourth-order valence-electron chi connectivity index (χ4n) is 2.44. The molecule has 2 aromatic carbocycles. The van der Waals surface area contributed by atoms with Gasteiger partial charge in [0.15, 0.2) is 18.1 Å². The zero-order chi connectivity index (χ0) is 18.5. The molecule has 0 aliphatic carbocycles. The van der Waals surface area contributed by atoms with Gasteiger partial charge in [0.25, 0.3) is 5.91 Å². The lowest BCUT2D eigenvalue weighted by atomic mass is 10.1. The van der Waals surface area contributed by atoms with Crippen LogP contribution in [-0.2, 0) is 9.53 Å².